The normalized spacial score (nSPS) is 18.9. The van der Waals surface area contributed by atoms with Crippen molar-refractivity contribution in [2.75, 3.05) is 19.6 Å². The summed E-state index contributed by atoms with van der Waals surface area (Å²) in [7, 11) is 0. The number of rotatable bonds is 7. The van der Waals surface area contributed by atoms with Gasteiger partial charge in [0.25, 0.3) is 0 Å². The van der Waals surface area contributed by atoms with Gasteiger partial charge in [-0.3, -0.25) is 4.79 Å². The van der Waals surface area contributed by atoms with Crippen LogP contribution in [0.15, 0.2) is 30.2 Å². The van der Waals surface area contributed by atoms with Crippen molar-refractivity contribution in [1.29, 1.82) is 0 Å². The molecule has 1 aliphatic heterocycles. The number of piperidine rings is 1. The second-order valence-corrected chi connectivity index (χ2v) is 6.38. The van der Waals surface area contributed by atoms with E-state index in [1.165, 1.54) is 11.3 Å². The first-order valence-corrected chi connectivity index (χ1v) is 8.17. The molecule has 1 saturated heterocycles. The van der Waals surface area contributed by atoms with Gasteiger partial charge in [0, 0.05) is 12.5 Å². The predicted octanol–water partition coefficient (Wildman–Crippen LogP) is 2.97. The zero-order valence-corrected chi connectivity index (χ0v) is 12.6. The number of hydrogen-bond acceptors (Lipinski definition) is 4. The standard InChI is InChI=1S/C16H23NO2S/c1-2-3-5-14(18)12-17-9-7-13(8-10-17)16(19)15-6-4-11-20-15/h2,4,6,11,13-14,18H,1,3,5,7-10,12H2/t14-/m0/s1. The van der Waals surface area contributed by atoms with E-state index in [2.05, 4.69) is 11.5 Å². The number of ketones is 1. The van der Waals surface area contributed by atoms with E-state index in [1.807, 2.05) is 23.6 Å². The van der Waals surface area contributed by atoms with Crippen LogP contribution in [-0.4, -0.2) is 41.5 Å². The van der Waals surface area contributed by atoms with Crippen LogP contribution in [0.2, 0.25) is 0 Å². The summed E-state index contributed by atoms with van der Waals surface area (Å²) in [6.45, 7) is 6.21. The molecule has 0 amide bonds. The first-order chi connectivity index (χ1) is 9.70. The molecular weight excluding hydrogens is 270 g/mol. The number of carbonyl (C=O) groups is 1. The Morgan fingerprint density at radius 3 is 2.90 bits per heavy atom. The minimum atomic E-state index is -0.280. The lowest BCUT2D eigenvalue weighted by Gasteiger charge is -2.32. The molecule has 0 spiro atoms. The van der Waals surface area contributed by atoms with Gasteiger partial charge in [-0.2, -0.15) is 0 Å². The third-order valence-electron chi connectivity index (χ3n) is 3.90. The third-order valence-corrected chi connectivity index (χ3v) is 4.78. The maximum absolute atomic E-state index is 12.3. The molecule has 1 aromatic rings. The summed E-state index contributed by atoms with van der Waals surface area (Å²) in [6.07, 6.45) is 5.01. The summed E-state index contributed by atoms with van der Waals surface area (Å²) < 4.78 is 0. The number of thiophene rings is 1. The highest BCUT2D eigenvalue weighted by molar-refractivity contribution is 7.12. The van der Waals surface area contributed by atoms with Gasteiger partial charge >= 0.3 is 0 Å². The molecule has 0 unspecified atom stereocenters. The second-order valence-electron chi connectivity index (χ2n) is 5.44. The topological polar surface area (TPSA) is 40.5 Å². The van der Waals surface area contributed by atoms with Crippen LogP contribution in [0.3, 0.4) is 0 Å². The molecule has 0 bridgehead atoms. The van der Waals surface area contributed by atoms with Gasteiger partial charge in [-0.05, 0) is 50.2 Å². The van der Waals surface area contributed by atoms with E-state index < -0.39 is 0 Å². The molecule has 110 valence electrons. The molecule has 0 saturated carbocycles. The summed E-state index contributed by atoms with van der Waals surface area (Å²) in [5.41, 5.74) is 0. The summed E-state index contributed by atoms with van der Waals surface area (Å²) in [5.74, 6) is 0.460. The predicted molar refractivity (Wildman–Crippen MR) is 83.3 cm³/mol. The third kappa shape index (κ3) is 4.27. The fourth-order valence-electron chi connectivity index (χ4n) is 2.70. The zero-order valence-electron chi connectivity index (χ0n) is 11.8. The van der Waals surface area contributed by atoms with E-state index in [1.54, 1.807) is 0 Å². The van der Waals surface area contributed by atoms with Crippen molar-refractivity contribution < 1.29 is 9.90 Å². The molecule has 0 aliphatic carbocycles. The molecule has 1 fully saturated rings. The van der Waals surface area contributed by atoms with Crippen molar-refractivity contribution >= 4 is 17.1 Å². The Kier molecular flexibility index (Phi) is 5.95. The monoisotopic (exact) mass is 293 g/mol. The lowest BCUT2D eigenvalue weighted by Crippen LogP contribution is -2.40. The number of allylic oxidation sites excluding steroid dienone is 1. The Bertz CT molecular complexity index is 422. The first-order valence-electron chi connectivity index (χ1n) is 7.29. The summed E-state index contributed by atoms with van der Waals surface area (Å²) in [5, 5.41) is 11.9. The number of aliphatic hydroxyl groups excluding tert-OH is 1. The van der Waals surface area contributed by atoms with E-state index in [-0.39, 0.29) is 12.0 Å². The molecule has 1 N–H and O–H groups in total. The van der Waals surface area contributed by atoms with Crippen molar-refractivity contribution in [3.63, 3.8) is 0 Å². The molecule has 2 rings (SSSR count). The molecule has 0 aromatic carbocycles. The summed E-state index contributed by atoms with van der Waals surface area (Å²) in [4.78, 5) is 15.4. The van der Waals surface area contributed by atoms with Gasteiger partial charge in [-0.15, -0.1) is 17.9 Å². The van der Waals surface area contributed by atoms with Crippen LogP contribution in [0.1, 0.15) is 35.4 Å². The second kappa shape index (κ2) is 7.72. The number of aliphatic hydroxyl groups is 1. The Labute approximate surface area is 124 Å². The maximum Gasteiger partial charge on any atom is 0.175 e. The van der Waals surface area contributed by atoms with Gasteiger partial charge in [0.2, 0.25) is 0 Å². The van der Waals surface area contributed by atoms with E-state index in [4.69, 9.17) is 0 Å². The molecule has 1 aliphatic rings. The van der Waals surface area contributed by atoms with Gasteiger partial charge in [0.15, 0.2) is 5.78 Å². The van der Waals surface area contributed by atoms with Crippen LogP contribution in [0.25, 0.3) is 0 Å². The van der Waals surface area contributed by atoms with Crippen molar-refractivity contribution in [3.8, 4) is 0 Å². The average molecular weight is 293 g/mol. The SMILES string of the molecule is C=CCC[C@H](O)CN1CCC(C(=O)c2cccs2)CC1. The number of β-amino-alcohol motifs (C(OH)–C–C–N with tert-alkyl or cyclic N) is 1. The fourth-order valence-corrected chi connectivity index (χ4v) is 3.44. The van der Waals surface area contributed by atoms with E-state index in [0.717, 1.165) is 43.6 Å². The van der Waals surface area contributed by atoms with Crippen molar-refractivity contribution in [1.82, 2.24) is 4.90 Å². The molecule has 4 heteroatoms. The van der Waals surface area contributed by atoms with Crippen molar-refractivity contribution in [2.24, 2.45) is 5.92 Å². The van der Waals surface area contributed by atoms with Crippen LogP contribution in [0.4, 0.5) is 0 Å². The zero-order chi connectivity index (χ0) is 14.4. The Balaban J connectivity index is 1.75. The average Bonchev–Trinajstić information content (AvgIpc) is 2.99. The largest absolute Gasteiger partial charge is 0.392 e. The van der Waals surface area contributed by atoms with Crippen LogP contribution in [0, 0.1) is 5.92 Å². The van der Waals surface area contributed by atoms with Crippen molar-refractivity contribution in [3.05, 3.63) is 35.0 Å². The Morgan fingerprint density at radius 2 is 2.30 bits per heavy atom. The minimum Gasteiger partial charge on any atom is -0.392 e. The first kappa shape index (κ1) is 15.4. The smallest absolute Gasteiger partial charge is 0.175 e. The molecular formula is C16H23NO2S. The van der Waals surface area contributed by atoms with Crippen LogP contribution < -0.4 is 0 Å². The molecule has 0 radical (unpaired) electrons. The summed E-state index contributed by atoms with van der Waals surface area (Å²) in [6, 6.07) is 3.85. The van der Waals surface area contributed by atoms with Gasteiger partial charge in [-0.25, -0.2) is 0 Å². The Hall–Kier alpha value is -0.970. The van der Waals surface area contributed by atoms with Crippen molar-refractivity contribution in [2.45, 2.75) is 31.8 Å². The van der Waals surface area contributed by atoms with Crippen LogP contribution in [0.5, 0.6) is 0 Å². The van der Waals surface area contributed by atoms with Gasteiger partial charge in [0.1, 0.15) is 0 Å². The molecule has 2 heterocycles. The lowest BCUT2D eigenvalue weighted by molar-refractivity contribution is 0.0712. The molecule has 1 aromatic heterocycles. The molecule has 1 atom stereocenters. The minimum absolute atomic E-state index is 0.162. The lowest BCUT2D eigenvalue weighted by atomic mass is 9.91. The molecule has 3 nitrogen and oxygen atoms in total. The van der Waals surface area contributed by atoms with E-state index in [0.29, 0.717) is 12.3 Å². The van der Waals surface area contributed by atoms with Crippen LogP contribution in [-0.2, 0) is 0 Å². The van der Waals surface area contributed by atoms with Gasteiger partial charge in [-0.1, -0.05) is 12.1 Å². The van der Waals surface area contributed by atoms with Gasteiger partial charge < -0.3 is 10.0 Å². The van der Waals surface area contributed by atoms with Gasteiger partial charge in [0.05, 0.1) is 11.0 Å². The highest BCUT2D eigenvalue weighted by Gasteiger charge is 2.26. The Morgan fingerprint density at radius 1 is 1.55 bits per heavy atom. The number of carbonyl (C=O) groups excluding carboxylic acids is 1. The number of likely N-dealkylation sites (tertiary alicyclic amines) is 1. The van der Waals surface area contributed by atoms with E-state index >= 15 is 0 Å². The van der Waals surface area contributed by atoms with E-state index in [9.17, 15) is 9.90 Å². The fraction of sp³-hybridized carbons (Fsp3) is 0.562. The number of Topliss-reactive ketones (excluding diaryl/α,β-unsaturated/α-hetero) is 1. The highest BCUT2D eigenvalue weighted by Crippen LogP contribution is 2.24. The van der Waals surface area contributed by atoms with Crippen LogP contribution >= 0.6 is 11.3 Å². The summed E-state index contributed by atoms with van der Waals surface area (Å²) >= 11 is 1.53. The quantitative estimate of drug-likeness (QED) is 0.620. The number of hydrogen-bond donors (Lipinski definition) is 1. The maximum atomic E-state index is 12.3. The number of nitrogens with zero attached hydrogens (tertiary/aromatic N) is 1. The highest BCUT2D eigenvalue weighted by atomic mass is 32.1. The molecule has 20 heavy (non-hydrogen) atoms.